The third-order valence-electron chi connectivity index (χ3n) is 4.37. The summed E-state index contributed by atoms with van der Waals surface area (Å²) in [5, 5.41) is 11.9. The van der Waals surface area contributed by atoms with Crippen LogP contribution in [-0.4, -0.2) is 30.5 Å². The van der Waals surface area contributed by atoms with Gasteiger partial charge in [-0.25, -0.2) is 9.67 Å². The monoisotopic (exact) mass is 392 g/mol. The number of carbonyl (C=O) groups is 1. The van der Waals surface area contributed by atoms with Gasteiger partial charge in [0.2, 0.25) is 0 Å². The van der Waals surface area contributed by atoms with Gasteiger partial charge in [-0.2, -0.15) is 0 Å². The summed E-state index contributed by atoms with van der Waals surface area (Å²) < 4.78 is 3.53. The predicted octanol–water partition coefficient (Wildman–Crippen LogP) is 3.88. The molecule has 0 aliphatic rings. The van der Waals surface area contributed by atoms with Crippen molar-refractivity contribution in [3.8, 4) is 17.1 Å². The molecule has 2 heterocycles. The number of imidazole rings is 1. The summed E-state index contributed by atoms with van der Waals surface area (Å²) >= 11 is 5.98. The molecule has 1 N–H and O–H groups in total. The average Bonchev–Trinajstić information content (AvgIpc) is 3.31. The van der Waals surface area contributed by atoms with E-state index in [1.807, 2.05) is 30.8 Å². The highest BCUT2D eigenvalue weighted by Gasteiger charge is 2.13. The third-order valence-corrected chi connectivity index (χ3v) is 4.61. The zero-order chi connectivity index (χ0) is 19.7. The van der Waals surface area contributed by atoms with Crippen LogP contribution in [0, 0.1) is 6.92 Å². The number of hydrogen-bond donors (Lipinski definition) is 1. The number of nitrogens with one attached hydrogen (secondary N) is 1. The number of aromatic nitrogens is 5. The minimum Gasteiger partial charge on any atom is -0.332 e. The summed E-state index contributed by atoms with van der Waals surface area (Å²) in [5.74, 6) is -0.226. The van der Waals surface area contributed by atoms with Gasteiger partial charge in [-0.1, -0.05) is 28.9 Å². The minimum absolute atomic E-state index is 0.226. The normalized spacial score (nSPS) is 10.8. The summed E-state index contributed by atoms with van der Waals surface area (Å²) in [4.78, 5) is 16.8. The van der Waals surface area contributed by atoms with Crippen molar-refractivity contribution in [3.63, 3.8) is 0 Å². The van der Waals surface area contributed by atoms with Gasteiger partial charge in [0.1, 0.15) is 5.69 Å². The summed E-state index contributed by atoms with van der Waals surface area (Å²) in [6.07, 6.45) is 5.26. The number of carbonyl (C=O) groups excluding carboxylic acids is 1. The van der Waals surface area contributed by atoms with Crippen LogP contribution in [0.15, 0.2) is 61.2 Å². The van der Waals surface area contributed by atoms with Gasteiger partial charge in [-0.05, 0) is 42.8 Å². The molecular formula is C20H17ClN6O. The summed E-state index contributed by atoms with van der Waals surface area (Å²) in [6.45, 7) is 1.96. The van der Waals surface area contributed by atoms with E-state index in [0.717, 1.165) is 16.9 Å². The Morgan fingerprint density at radius 1 is 1.18 bits per heavy atom. The van der Waals surface area contributed by atoms with E-state index in [1.165, 1.54) is 0 Å². The number of nitrogens with zero attached hydrogens (tertiary/aromatic N) is 5. The molecule has 0 radical (unpaired) electrons. The molecule has 2 aromatic heterocycles. The molecule has 1 amide bonds. The predicted molar refractivity (Wildman–Crippen MR) is 108 cm³/mol. The van der Waals surface area contributed by atoms with Gasteiger partial charge in [-0.15, -0.1) is 5.10 Å². The van der Waals surface area contributed by atoms with Crippen LogP contribution in [0.1, 0.15) is 15.9 Å². The second kappa shape index (κ2) is 7.28. The van der Waals surface area contributed by atoms with E-state index < -0.39 is 0 Å². The number of amides is 1. The number of rotatable bonds is 4. The molecule has 0 saturated heterocycles. The fourth-order valence-electron chi connectivity index (χ4n) is 2.87. The molecule has 4 aromatic rings. The number of hydrogen-bond acceptors (Lipinski definition) is 4. The van der Waals surface area contributed by atoms with Crippen LogP contribution >= 0.6 is 11.6 Å². The highest BCUT2D eigenvalue weighted by atomic mass is 35.5. The maximum atomic E-state index is 12.6. The molecule has 0 saturated carbocycles. The molecule has 8 heteroatoms. The van der Waals surface area contributed by atoms with Crippen LogP contribution in [-0.2, 0) is 7.05 Å². The van der Waals surface area contributed by atoms with Gasteiger partial charge in [0.05, 0.1) is 30.1 Å². The Bertz CT molecular complexity index is 1160. The van der Waals surface area contributed by atoms with E-state index in [-0.39, 0.29) is 5.91 Å². The average molecular weight is 393 g/mol. The Kier molecular flexibility index (Phi) is 4.67. The lowest BCUT2D eigenvalue weighted by Crippen LogP contribution is -2.13. The third kappa shape index (κ3) is 3.52. The lowest BCUT2D eigenvalue weighted by Gasteiger charge is -2.09. The van der Waals surface area contributed by atoms with Crippen LogP contribution < -0.4 is 5.32 Å². The Balaban J connectivity index is 1.63. The first-order chi connectivity index (χ1) is 13.5. The van der Waals surface area contributed by atoms with Crippen molar-refractivity contribution in [2.24, 2.45) is 7.05 Å². The first kappa shape index (κ1) is 17.9. The standard InChI is InChI=1S/C20H17ClN6O/c1-13-6-7-14(20(28)23-16-5-3-4-15(21)9-16)8-18(13)27-11-17(24-25-27)19-10-22-12-26(19)2/h3-12H,1-2H3,(H,23,28). The van der Waals surface area contributed by atoms with Crippen LogP contribution in [0.3, 0.4) is 0 Å². The molecule has 0 aliphatic carbocycles. The van der Waals surface area contributed by atoms with Gasteiger partial charge < -0.3 is 9.88 Å². The highest BCUT2D eigenvalue weighted by Crippen LogP contribution is 2.21. The van der Waals surface area contributed by atoms with Gasteiger partial charge in [-0.3, -0.25) is 4.79 Å². The van der Waals surface area contributed by atoms with Crippen LogP contribution in [0.5, 0.6) is 0 Å². The van der Waals surface area contributed by atoms with Crippen molar-refractivity contribution < 1.29 is 4.79 Å². The van der Waals surface area contributed by atoms with Crippen LogP contribution in [0.4, 0.5) is 5.69 Å². The Labute approximate surface area is 166 Å². The highest BCUT2D eigenvalue weighted by molar-refractivity contribution is 6.31. The number of anilines is 1. The van der Waals surface area contributed by atoms with E-state index in [9.17, 15) is 4.79 Å². The van der Waals surface area contributed by atoms with Gasteiger partial charge in [0.15, 0.2) is 0 Å². The Hall–Kier alpha value is -3.45. The van der Waals surface area contributed by atoms with E-state index in [0.29, 0.717) is 22.0 Å². The topological polar surface area (TPSA) is 77.6 Å². The second-order valence-electron chi connectivity index (χ2n) is 6.40. The fraction of sp³-hybridized carbons (Fsp3) is 0.100. The maximum Gasteiger partial charge on any atom is 0.255 e. The summed E-state index contributed by atoms with van der Waals surface area (Å²) in [7, 11) is 1.90. The summed E-state index contributed by atoms with van der Waals surface area (Å²) in [6, 6.07) is 12.5. The van der Waals surface area contributed by atoms with E-state index in [1.54, 1.807) is 53.6 Å². The molecule has 28 heavy (non-hydrogen) atoms. The van der Waals surface area contributed by atoms with Crippen molar-refractivity contribution >= 4 is 23.2 Å². The molecule has 0 fully saturated rings. The van der Waals surface area contributed by atoms with Crippen molar-refractivity contribution in [1.82, 2.24) is 24.5 Å². The molecule has 0 atom stereocenters. The molecule has 0 bridgehead atoms. The number of benzene rings is 2. The van der Waals surface area contributed by atoms with Crippen molar-refractivity contribution in [2.75, 3.05) is 5.32 Å². The molecule has 0 spiro atoms. The minimum atomic E-state index is -0.226. The quantitative estimate of drug-likeness (QED) is 0.571. The van der Waals surface area contributed by atoms with Crippen LogP contribution in [0.25, 0.3) is 17.1 Å². The molecule has 0 aliphatic heterocycles. The van der Waals surface area contributed by atoms with E-state index in [2.05, 4.69) is 20.6 Å². The first-order valence-corrected chi connectivity index (χ1v) is 8.96. The van der Waals surface area contributed by atoms with Gasteiger partial charge >= 0.3 is 0 Å². The van der Waals surface area contributed by atoms with E-state index >= 15 is 0 Å². The number of halogens is 1. The molecule has 0 unspecified atom stereocenters. The van der Waals surface area contributed by atoms with Crippen molar-refractivity contribution in [3.05, 3.63) is 77.3 Å². The maximum absolute atomic E-state index is 12.6. The number of aryl methyl sites for hydroxylation is 2. The zero-order valence-corrected chi connectivity index (χ0v) is 16.1. The lowest BCUT2D eigenvalue weighted by molar-refractivity contribution is 0.102. The van der Waals surface area contributed by atoms with Crippen LogP contribution in [0.2, 0.25) is 5.02 Å². The fourth-order valence-corrected chi connectivity index (χ4v) is 3.06. The lowest BCUT2D eigenvalue weighted by atomic mass is 10.1. The molecule has 140 valence electrons. The van der Waals surface area contributed by atoms with Gasteiger partial charge in [0.25, 0.3) is 5.91 Å². The van der Waals surface area contributed by atoms with Crippen molar-refractivity contribution in [1.29, 1.82) is 0 Å². The largest absolute Gasteiger partial charge is 0.332 e. The molecular weight excluding hydrogens is 376 g/mol. The molecule has 2 aromatic carbocycles. The smallest absolute Gasteiger partial charge is 0.255 e. The second-order valence-corrected chi connectivity index (χ2v) is 6.84. The zero-order valence-electron chi connectivity index (χ0n) is 15.3. The Morgan fingerprint density at radius 2 is 2.04 bits per heavy atom. The first-order valence-electron chi connectivity index (χ1n) is 8.58. The Morgan fingerprint density at radius 3 is 2.79 bits per heavy atom. The van der Waals surface area contributed by atoms with E-state index in [4.69, 9.17) is 11.6 Å². The molecule has 4 rings (SSSR count). The molecule has 7 nitrogen and oxygen atoms in total. The van der Waals surface area contributed by atoms with Gasteiger partial charge in [0, 0.05) is 23.3 Å². The SMILES string of the molecule is Cc1ccc(C(=O)Nc2cccc(Cl)c2)cc1-n1cc(-c2cncn2C)nn1. The van der Waals surface area contributed by atoms with Crippen molar-refractivity contribution in [2.45, 2.75) is 6.92 Å². The summed E-state index contributed by atoms with van der Waals surface area (Å²) in [5.41, 5.74) is 4.46.